The molecule has 0 aromatic heterocycles. The maximum atomic E-state index is 5.63. The molecule has 13 heavy (non-hydrogen) atoms. The topological polar surface area (TPSA) is 29.3 Å². The van der Waals surface area contributed by atoms with Gasteiger partial charge in [0.05, 0.1) is 21.8 Å². The first kappa shape index (κ1) is 8.53. The summed E-state index contributed by atoms with van der Waals surface area (Å²) in [5.74, 6) is 5.63. The molecule has 3 heteroatoms. The third-order valence-corrected chi connectivity index (χ3v) is 2.38. The van der Waals surface area contributed by atoms with E-state index in [1.54, 1.807) is 0 Å². The summed E-state index contributed by atoms with van der Waals surface area (Å²) in [6, 6.07) is 14.1. The highest BCUT2D eigenvalue weighted by atomic mass is 79.9. The minimum Gasteiger partial charge on any atom is -0.244 e. The lowest BCUT2D eigenvalue weighted by Crippen LogP contribution is -2.17. The predicted molar refractivity (Wildman–Crippen MR) is 59.5 cm³/mol. The summed E-state index contributed by atoms with van der Waals surface area (Å²) in [5, 5.41) is 2.33. The summed E-state index contributed by atoms with van der Waals surface area (Å²) in [5.41, 5.74) is 0.970. The van der Waals surface area contributed by atoms with Crippen molar-refractivity contribution >= 4 is 32.6 Å². The normalized spacial score (nSPS) is 10.3. The van der Waals surface area contributed by atoms with Gasteiger partial charge in [-0.05, 0) is 11.5 Å². The van der Waals surface area contributed by atoms with Gasteiger partial charge in [-0.25, -0.2) is 9.88 Å². The molecule has 2 nitrogen and oxygen atoms in total. The largest absolute Gasteiger partial charge is 0.244 e. The van der Waals surface area contributed by atoms with Crippen molar-refractivity contribution in [3.05, 3.63) is 42.5 Å². The molecule has 2 N–H and O–H groups in total. The highest BCUT2D eigenvalue weighted by Gasteiger charge is 2.01. The van der Waals surface area contributed by atoms with Crippen LogP contribution in [0.2, 0.25) is 0 Å². The minimum atomic E-state index is 0.970. The molecule has 0 amide bonds. The van der Waals surface area contributed by atoms with E-state index in [0.29, 0.717) is 0 Å². The standard InChI is InChI=1S/C10H9BrN2/c11-13(12)10-7-3-5-8-4-1-2-6-9(8)10/h1-7H,12H2. The smallest absolute Gasteiger partial charge is 0.0724 e. The number of halogens is 1. The predicted octanol–water partition coefficient (Wildman–Crippen LogP) is 2.83. The summed E-state index contributed by atoms with van der Waals surface area (Å²) in [4.78, 5) is 0. The number of benzene rings is 2. The van der Waals surface area contributed by atoms with Crippen molar-refractivity contribution in [3.8, 4) is 0 Å². The lowest BCUT2D eigenvalue weighted by molar-refractivity contribution is 1.24. The molecule has 0 unspecified atom stereocenters. The van der Waals surface area contributed by atoms with Gasteiger partial charge in [0.1, 0.15) is 0 Å². The fourth-order valence-corrected chi connectivity index (χ4v) is 1.70. The van der Waals surface area contributed by atoms with Gasteiger partial charge >= 0.3 is 0 Å². The molecule has 0 bridgehead atoms. The first-order valence-corrected chi connectivity index (χ1v) is 4.68. The van der Waals surface area contributed by atoms with Crippen LogP contribution in [0.4, 0.5) is 5.69 Å². The molecule has 0 saturated heterocycles. The number of fused-ring (bicyclic) bond motifs is 1. The molecule has 0 aliphatic carbocycles. The fourth-order valence-electron chi connectivity index (χ4n) is 1.39. The van der Waals surface area contributed by atoms with Crippen LogP contribution in [-0.2, 0) is 0 Å². The van der Waals surface area contributed by atoms with Gasteiger partial charge in [-0.2, -0.15) is 0 Å². The van der Waals surface area contributed by atoms with Crippen LogP contribution in [0, 0.1) is 0 Å². The Hall–Kier alpha value is -1.06. The molecule has 0 aliphatic heterocycles. The van der Waals surface area contributed by atoms with Gasteiger partial charge < -0.3 is 0 Å². The van der Waals surface area contributed by atoms with E-state index < -0.39 is 0 Å². The molecule has 2 aromatic rings. The molecule has 0 aliphatic rings. The Morgan fingerprint density at radius 2 is 1.69 bits per heavy atom. The van der Waals surface area contributed by atoms with E-state index in [4.69, 9.17) is 5.84 Å². The summed E-state index contributed by atoms with van der Waals surface area (Å²) >= 11 is 3.21. The first-order valence-electron chi connectivity index (χ1n) is 3.97. The summed E-state index contributed by atoms with van der Waals surface area (Å²) in [6.45, 7) is 0. The van der Waals surface area contributed by atoms with Crippen LogP contribution in [0.15, 0.2) is 42.5 Å². The van der Waals surface area contributed by atoms with E-state index in [2.05, 4.69) is 28.3 Å². The third kappa shape index (κ3) is 1.53. The van der Waals surface area contributed by atoms with Gasteiger partial charge in [0, 0.05) is 5.39 Å². The minimum absolute atomic E-state index is 0.970. The molecule has 0 radical (unpaired) electrons. The maximum Gasteiger partial charge on any atom is 0.0724 e. The summed E-state index contributed by atoms with van der Waals surface area (Å²) < 4.78 is 1.45. The van der Waals surface area contributed by atoms with Crippen molar-refractivity contribution in [1.29, 1.82) is 0 Å². The number of anilines is 1. The van der Waals surface area contributed by atoms with Crippen molar-refractivity contribution in [2.24, 2.45) is 5.84 Å². The Morgan fingerprint density at radius 3 is 2.46 bits per heavy atom. The number of rotatable bonds is 1. The summed E-state index contributed by atoms with van der Waals surface area (Å²) in [6.07, 6.45) is 0. The lowest BCUT2D eigenvalue weighted by atomic mass is 10.1. The quantitative estimate of drug-likeness (QED) is 0.469. The average Bonchev–Trinajstić information content (AvgIpc) is 2.17. The zero-order chi connectivity index (χ0) is 9.26. The van der Waals surface area contributed by atoms with Crippen LogP contribution in [0.5, 0.6) is 0 Å². The Labute approximate surface area is 85.3 Å². The van der Waals surface area contributed by atoms with Crippen molar-refractivity contribution in [2.75, 3.05) is 4.03 Å². The highest BCUT2D eigenvalue weighted by molar-refractivity contribution is 9.10. The second-order valence-electron chi connectivity index (χ2n) is 2.81. The van der Waals surface area contributed by atoms with Crippen molar-refractivity contribution in [1.82, 2.24) is 0 Å². The zero-order valence-corrected chi connectivity index (χ0v) is 8.53. The lowest BCUT2D eigenvalue weighted by Gasteiger charge is -2.11. The van der Waals surface area contributed by atoms with E-state index >= 15 is 0 Å². The molecule has 2 rings (SSSR count). The van der Waals surface area contributed by atoms with Crippen LogP contribution >= 0.6 is 16.1 Å². The number of hydrazine groups is 1. The van der Waals surface area contributed by atoms with Crippen molar-refractivity contribution < 1.29 is 0 Å². The van der Waals surface area contributed by atoms with E-state index in [0.717, 1.165) is 11.1 Å². The molecule has 66 valence electrons. The van der Waals surface area contributed by atoms with Gasteiger partial charge in [0.2, 0.25) is 0 Å². The number of nitrogens with two attached hydrogens (primary N) is 1. The van der Waals surface area contributed by atoms with Gasteiger partial charge in [-0.15, -0.1) is 0 Å². The van der Waals surface area contributed by atoms with E-state index in [1.807, 2.05) is 30.3 Å². The monoisotopic (exact) mass is 236 g/mol. The molecule has 2 aromatic carbocycles. The average molecular weight is 237 g/mol. The van der Waals surface area contributed by atoms with Crippen molar-refractivity contribution in [2.45, 2.75) is 0 Å². The third-order valence-electron chi connectivity index (χ3n) is 2.00. The van der Waals surface area contributed by atoms with E-state index in [-0.39, 0.29) is 0 Å². The van der Waals surface area contributed by atoms with Gasteiger partial charge in [-0.3, -0.25) is 0 Å². The Bertz CT molecular complexity index is 421. The number of hydrogen-bond donors (Lipinski definition) is 1. The van der Waals surface area contributed by atoms with Gasteiger partial charge in [0.25, 0.3) is 0 Å². The van der Waals surface area contributed by atoms with Crippen LogP contribution in [0.3, 0.4) is 0 Å². The molecule has 0 atom stereocenters. The molecule has 0 saturated carbocycles. The summed E-state index contributed by atoms with van der Waals surface area (Å²) in [7, 11) is 0. The van der Waals surface area contributed by atoms with Crippen LogP contribution in [0.1, 0.15) is 0 Å². The van der Waals surface area contributed by atoms with E-state index in [1.165, 1.54) is 9.42 Å². The van der Waals surface area contributed by atoms with Crippen LogP contribution in [-0.4, -0.2) is 0 Å². The highest BCUT2D eigenvalue weighted by Crippen LogP contribution is 2.26. The molecule has 0 fully saturated rings. The van der Waals surface area contributed by atoms with Crippen molar-refractivity contribution in [3.63, 3.8) is 0 Å². The van der Waals surface area contributed by atoms with Crippen LogP contribution in [0.25, 0.3) is 10.8 Å². The van der Waals surface area contributed by atoms with E-state index in [9.17, 15) is 0 Å². The molecule has 0 heterocycles. The Morgan fingerprint density at radius 1 is 1.00 bits per heavy atom. The molecular weight excluding hydrogens is 228 g/mol. The van der Waals surface area contributed by atoms with Crippen LogP contribution < -0.4 is 9.88 Å². The van der Waals surface area contributed by atoms with Gasteiger partial charge in [-0.1, -0.05) is 36.4 Å². The molecule has 0 spiro atoms. The number of hydrogen-bond acceptors (Lipinski definition) is 2. The zero-order valence-electron chi connectivity index (χ0n) is 6.94. The second kappa shape index (κ2) is 3.36. The molecular formula is C10H9BrN2. The first-order chi connectivity index (χ1) is 6.29. The second-order valence-corrected chi connectivity index (χ2v) is 3.57. The maximum absolute atomic E-state index is 5.63. The fraction of sp³-hybridized carbons (Fsp3) is 0. The Balaban J connectivity index is 2.76. The van der Waals surface area contributed by atoms with Gasteiger partial charge in [0.15, 0.2) is 0 Å². The SMILES string of the molecule is NN(Br)c1cccc2ccccc12. The number of nitrogens with zero attached hydrogens (tertiary/aromatic N) is 1. The Kier molecular flexibility index (Phi) is 2.20.